The second-order valence-corrected chi connectivity index (χ2v) is 5.18. The van der Waals surface area contributed by atoms with E-state index in [0.717, 1.165) is 8.58 Å². The fourth-order valence-electron chi connectivity index (χ4n) is 1.59. The highest BCUT2D eigenvalue weighted by Gasteiger charge is 1.98. The highest BCUT2D eigenvalue weighted by atomic mass is 31.1. The van der Waals surface area contributed by atoms with Crippen molar-refractivity contribution in [3.8, 4) is 0 Å². The summed E-state index contributed by atoms with van der Waals surface area (Å²) in [6, 6.07) is 17.4. The molecule has 0 saturated heterocycles. The zero-order valence-electron chi connectivity index (χ0n) is 9.12. The number of rotatable bonds is 2. The Labute approximate surface area is 93.1 Å². The fourth-order valence-corrected chi connectivity index (χ4v) is 2.84. The van der Waals surface area contributed by atoms with Crippen LogP contribution in [0, 0.1) is 13.8 Å². The molecule has 0 aliphatic rings. The Hall–Kier alpha value is -1.13. The summed E-state index contributed by atoms with van der Waals surface area (Å²) in [5.41, 5.74) is 2.73. The monoisotopic (exact) mass is 214 g/mol. The van der Waals surface area contributed by atoms with Gasteiger partial charge in [0.25, 0.3) is 0 Å². The topological polar surface area (TPSA) is 0 Å². The van der Waals surface area contributed by atoms with Gasteiger partial charge in [0.2, 0.25) is 0 Å². The van der Waals surface area contributed by atoms with E-state index in [0.29, 0.717) is 0 Å². The summed E-state index contributed by atoms with van der Waals surface area (Å²) in [7, 11) is 0.772. The van der Waals surface area contributed by atoms with E-state index in [2.05, 4.69) is 62.4 Å². The zero-order valence-corrected chi connectivity index (χ0v) is 10.1. The Morgan fingerprint density at radius 2 is 1.67 bits per heavy atom. The Bertz CT molecular complexity index is 460. The second kappa shape index (κ2) is 4.59. The van der Waals surface area contributed by atoms with Crippen molar-refractivity contribution in [2.45, 2.75) is 13.8 Å². The van der Waals surface area contributed by atoms with Crippen molar-refractivity contribution in [2.75, 3.05) is 0 Å². The molecule has 76 valence electrons. The van der Waals surface area contributed by atoms with Gasteiger partial charge in [-0.05, 0) is 30.0 Å². The SMILES string of the molecule is Cc1cccc(Pc2ccccc2C)c1. The van der Waals surface area contributed by atoms with Gasteiger partial charge in [-0.1, -0.05) is 62.7 Å². The molecule has 0 heterocycles. The largest absolute Gasteiger partial charge is 0.0620 e. The molecular weight excluding hydrogens is 199 g/mol. The van der Waals surface area contributed by atoms with Crippen LogP contribution in [-0.4, -0.2) is 0 Å². The van der Waals surface area contributed by atoms with E-state index in [1.807, 2.05) is 0 Å². The lowest BCUT2D eigenvalue weighted by Crippen LogP contribution is -2.06. The van der Waals surface area contributed by atoms with Gasteiger partial charge in [0.15, 0.2) is 0 Å². The first-order valence-corrected chi connectivity index (χ1v) is 6.15. The standard InChI is InChI=1S/C14H15P/c1-11-6-5-8-13(10-11)15-14-9-4-3-7-12(14)2/h3-10,15H,1-2H3. The van der Waals surface area contributed by atoms with Gasteiger partial charge in [0.05, 0.1) is 0 Å². The quantitative estimate of drug-likeness (QED) is 0.674. The molecule has 1 atom stereocenters. The number of hydrogen-bond acceptors (Lipinski definition) is 0. The van der Waals surface area contributed by atoms with E-state index < -0.39 is 0 Å². The van der Waals surface area contributed by atoms with Crippen LogP contribution >= 0.6 is 8.58 Å². The van der Waals surface area contributed by atoms with Crippen molar-refractivity contribution in [3.63, 3.8) is 0 Å². The molecule has 0 aromatic heterocycles. The van der Waals surface area contributed by atoms with Crippen LogP contribution in [-0.2, 0) is 0 Å². The van der Waals surface area contributed by atoms with Crippen LogP contribution in [0.2, 0.25) is 0 Å². The molecule has 0 spiro atoms. The van der Waals surface area contributed by atoms with Crippen molar-refractivity contribution in [1.29, 1.82) is 0 Å². The van der Waals surface area contributed by atoms with Crippen molar-refractivity contribution in [3.05, 3.63) is 59.7 Å². The molecule has 0 N–H and O–H groups in total. The van der Waals surface area contributed by atoms with E-state index in [4.69, 9.17) is 0 Å². The molecule has 0 amide bonds. The summed E-state index contributed by atoms with van der Waals surface area (Å²) >= 11 is 0. The average Bonchev–Trinajstić information content (AvgIpc) is 2.22. The van der Waals surface area contributed by atoms with Gasteiger partial charge in [-0.2, -0.15) is 0 Å². The lowest BCUT2D eigenvalue weighted by Gasteiger charge is -2.06. The smallest absolute Gasteiger partial charge is 0.0197 e. The zero-order chi connectivity index (χ0) is 10.7. The van der Waals surface area contributed by atoms with Gasteiger partial charge in [-0.15, -0.1) is 0 Å². The Balaban J connectivity index is 2.26. The molecule has 0 aliphatic carbocycles. The molecule has 1 unspecified atom stereocenters. The predicted molar refractivity (Wildman–Crippen MR) is 69.9 cm³/mol. The van der Waals surface area contributed by atoms with Crippen LogP contribution in [0.3, 0.4) is 0 Å². The summed E-state index contributed by atoms with van der Waals surface area (Å²) in [6.45, 7) is 4.32. The summed E-state index contributed by atoms with van der Waals surface area (Å²) in [5.74, 6) is 0. The molecule has 2 rings (SSSR count). The minimum absolute atomic E-state index is 0.772. The number of hydrogen-bond donors (Lipinski definition) is 0. The van der Waals surface area contributed by atoms with Crippen LogP contribution in [0.5, 0.6) is 0 Å². The Kier molecular flexibility index (Phi) is 3.18. The molecule has 0 bridgehead atoms. The first-order valence-electron chi connectivity index (χ1n) is 5.15. The molecule has 15 heavy (non-hydrogen) atoms. The lowest BCUT2D eigenvalue weighted by molar-refractivity contribution is 1.49. The van der Waals surface area contributed by atoms with Gasteiger partial charge in [0.1, 0.15) is 0 Å². The summed E-state index contributed by atoms with van der Waals surface area (Å²) < 4.78 is 0. The van der Waals surface area contributed by atoms with Crippen LogP contribution in [0.15, 0.2) is 48.5 Å². The minimum atomic E-state index is 0.772. The van der Waals surface area contributed by atoms with Gasteiger partial charge in [-0.25, -0.2) is 0 Å². The van der Waals surface area contributed by atoms with Gasteiger partial charge in [0, 0.05) is 0 Å². The molecule has 0 nitrogen and oxygen atoms in total. The molecule has 0 saturated carbocycles. The van der Waals surface area contributed by atoms with E-state index in [1.165, 1.54) is 21.7 Å². The average molecular weight is 214 g/mol. The van der Waals surface area contributed by atoms with E-state index in [9.17, 15) is 0 Å². The maximum absolute atomic E-state index is 2.27. The van der Waals surface area contributed by atoms with Crippen LogP contribution < -0.4 is 10.6 Å². The molecular formula is C14H15P. The van der Waals surface area contributed by atoms with Gasteiger partial charge >= 0.3 is 0 Å². The minimum Gasteiger partial charge on any atom is -0.0620 e. The normalized spacial score (nSPS) is 11.1. The third-order valence-electron chi connectivity index (χ3n) is 2.44. The lowest BCUT2D eigenvalue weighted by atomic mass is 10.2. The first-order chi connectivity index (χ1) is 7.25. The Morgan fingerprint density at radius 3 is 2.40 bits per heavy atom. The molecule has 2 aromatic rings. The van der Waals surface area contributed by atoms with Crippen LogP contribution in [0.25, 0.3) is 0 Å². The Morgan fingerprint density at radius 1 is 0.867 bits per heavy atom. The summed E-state index contributed by atoms with van der Waals surface area (Å²) in [4.78, 5) is 0. The van der Waals surface area contributed by atoms with E-state index in [-0.39, 0.29) is 0 Å². The third kappa shape index (κ3) is 2.67. The molecule has 0 fully saturated rings. The van der Waals surface area contributed by atoms with Crippen LogP contribution in [0.1, 0.15) is 11.1 Å². The maximum atomic E-state index is 2.27. The first kappa shape index (κ1) is 10.4. The summed E-state index contributed by atoms with van der Waals surface area (Å²) in [6.07, 6.45) is 0. The van der Waals surface area contributed by atoms with Crippen molar-refractivity contribution >= 4 is 19.2 Å². The van der Waals surface area contributed by atoms with Crippen LogP contribution in [0.4, 0.5) is 0 Å². The fraction of sp³-hybridized carbons (Fsp3) is 0.143. The van der Waals surface area contributed by atoms with Crippen molar-refractivity contribution in [2.24, 2.45) is 0 Å². The predicted octanol–water partition coefficient (Wildman–Crippen LogP) is 2.93. The van der Waals surface area contributed by atoms with Crippen molar-refractivity contribution in [1.82, 2.24) is 0 Å². The number of aryl methyl sites for hydroxylation is 2. The molecule has 2 aromatic carbocycles. The van der Waals surface area contributed by atoms with Crippen molar-refractivity contribution < 1.29 is 0 Å². The maximum Gasteiger partial charge on any atom is -0.0197 e. The molecule has 0 radical (unpaired) electrons. The van der Waals surface area contributed by atoms with E-state index >= 15 is 0 Å². The second-order valence-electron chi connectivity index (χ2n) is 3.81. The van der Waals surface area contributed by atoms with E-state index in [1.54, 1.807) is 0 Å². The third-order valence-corrected chi connectivity index (χ3v) is 3.87. The summed E-state index contributed by atoms with van der Waals surface area (Å²) in [5, 5.41) is 2.87. The number of benzene rings is 2. The van der Waals surface area contributed by atoms with Gasteiger partial charge < -0.3 is 0 Å². The highest BCUT2D eigenvalue weighted by molar-refractivity contribution is 7.55. The van der Waals surface area contributed by atoms with Gasteiger partial charge in [-0.3, -0.25) is 0 Å². The molecule has 0 aliphatic heterocycles. The highest BCUT2D eigenvalue weighted by Crippen LogP contribution is 2.13. The molecule has 1 heteroatoms.